The summed E-state index contributed by atoms with van der Waals surface area (Å²) in [5.41, 5.74) is 7.68. The summed E-state index contributed by atoms with van der Waals surface area (Å²) >= 11 is 0. The summed E-state index contributed by atoms with van der Waals surface area (Å²) in [5.74, 6) is 0.0442. The minimum Gasteiger partial charge on any atom is -0.366 e. The van der Waals surface area contributed by atoms with Crippen molar-refractivity contribution in [1.29, 1.82) is 0 Å². The van der Waals surface area contributed by atoms with E-state index in [1.54, 1.807) is 0 Å². The van der Waals surface area contributed by atoms with Gasteiger partial charge in [0.15, 0.2) is 0 Å². The van der Waals surface area contributed by atoms with Gasteiger partial charge in [-0.05, 0) is 63.1 Å². The van der Waals surface area contributed by atoms with Crippen LogP contribution in [-0.2, 0) is 4.79 Å². The fourth-order valence-electron chi connectivity index (χ4n) is 4.49. The lowest BCUT2D eigenvalue weighted by atomic mass is 10.1. The summed E-state index contributed by atoms with van der Waals surface area (Å²) in [5, 5.41) is 7.83. The molecule has 0 unspecified atom stereocenters. The molecule has 3 aromatic rings. The molecule has 1 N–H and O–H groups in total. The molecule has 0 atom stereocenters. The van der Waals surface area contributed by atoms with Crippen LogP contribution < -0.4 is 10.2 Å². The summed E-state index contributed by atoms with van der Waals surface area (Å²) in [6, 6.07) is 16.4. The molecule has 0 spiro atoms. The minimum atomic E-state index is 0.0442. The number of para-hydroxylation sites is 1. The van der Waals surface area contributed by atoms with Crippen molar-refractivity contribution in [3.8, 4) is 5.69 Å². The maximum absolute atomic E-state index is 12.5. The molecule has 0 bridgehead atoms. The van der Waals surface area contributed by atoms with Crippen LogP contribution in [0, 0.1) is 27.7 Å². The highest BCUT2D eigenvalue weighted by Crippen LogP contribution is 2.27. The fourth-order valence-corrected chi connectivity index (χ4v) is 4.49. The highest BCUT2D eigenvalue weighted by atomic mass is 16.2. The van der Waals surface area contributed by atoms with Crippen LogP contribution in [0.2, 0.25) is 0 Å². The Morgan fingerprint density at radius 2 is 1.58 bits per heavy atom. The standard InChI is InChI=1S/C25H31N5O/c1-18-14-19(2)16-22(15-18)26-24(31)17-28-10-12-29(13-11-28)25-20(3)27-30(21(25)4)23-8-6-5-7-9-23/h5-9,14-16H,10-13,17H2,1-4H3,(H,26,31). The van der Waals surface area contributed by atoms with Crippen LogP contribution in [0.1, 0.15) is 22.5 Å². The van der Waals surface area contributed by atoms with E-state index in [4.69, 9.17) is 5.10 Å². The smallest absolute Gasteiger partial charge is 0.238 e. The fraction of sp³-hybridized carbons (Fsp3) is 0.360. The number of hydrogen-bond donors (Lipinski definition) is 1. The van der Waals surface area contributed by atoms with E-state index in [1.807, 2.05) is 48.9 Å². The van der Waals surface area contributed by atoms with E-state index in [2.05, 4.69) is 47.2 Å². The van der Waals surface area contributed by atoms with E-state index >= 15 is 0 Å². The number of benzene rings is 2. The number of hydrogen-bond acceptors (Lipinski definition) is 4. The van der Waals surface area contributed by atoms with Crippen molar-refractivity contribution in [3.63, 3.8) is 0 Å². The summed E-state index contributed by atoms with van der Waals surface area (Å²) in [6.07, 6.45) is 0. The molecular weight excluding hydrogens is 386 g/mol. The van der Waals surface area contributed by atoms with Gasteiger partial charge in [0, 0.05) is 31.9 Å². The summed E-state index contributed by atoms with van der Waals surface area (Å²) in [7, 11) is 0. The van der Waals surface area contributed by atoms with E-state index in [1.165, 1.54) is 5.69 Å². The second kappa shape index (κ2) is 8.94. The lowest BCUT2D eigenvalue weighted by Gasteiger charge is -2.35. The van der Waals surface area contributed by atoms with Crippen molar-refractivity contribution in [2.75, 3.05) is 42.9 Å². The zero-order valence-electron chi connectivity index (χ0n) is 18.9. The Balaban J connectivity index is 1.37. The third kappa shape index (κ3) is 4.80. The summed E-state index contributed by atoms with van der Waals surface area (Å²) in [4.78, 5) is 17.2. The van der Waals surface area contributed by atoms with Crippen molar-refractivity contribution in [1.82, 2.24) is 14.7 Å². The van der Waals surface area contributed by atoms with Gasteiger partial charge in [0.1, 0.15) is 0 Å². The molecule has 1 aliphatic rings. The van der Waals surface area contributed by atoms with E-state index in [-0.39, 0.29) is 5.91 Å². The van der Waals surface area contributed by atoms with Crippen molar-refractivity contribution in [3.05, 3.63) is 71.0 Å². The van der Waals surface area contributed by atoms with Gasteiger partial charge >= 0.3 is 0 Å². The number of aromatic nitrogens is 2. The lowest BCUT2D eigenvalue weighted by Crippen LogP contribution is -2.49. The van der Waals surface area contributed by atoms with Crippen LogP contribution in [0.25, 0.3) is 5.69 Å². The molecule has 0 aliphatic carbocycles. The average Bonchev–Trinajstić information content (AvgIpc) is 3.02. The average molecular weight is 418 g/mol. The summed E-state index contributed by atoms with van der Waals surface area (Å²) in [6.45, 7) is 12.2. The number of aryl methyl sites for hydroxylation is 3. The van der Waals surface area contributed by atoms with E-state index < -0.39 is 0 Å². The number of nitrogens with zero attached hydrogens (tertiary/aromatic N) is 4. The molecule has 2 heterocycles. The molecule has 6 heteroatoms. The van der Waals surface area contributed by atoms with E-state index in [9.17, 15) is 4.79 Å². The Hall–Kier alpha value is -3.12. The molecule has 1 fully saturated rings. The molecular formula is C25H31N5O. The molecule has 1 amide bonds. The van der Waals surface area contributed by atoms with Gasteiger partial charge < -0.3 is 10.2 Å². The Morgan fingerprint density at radius 1 is 0.935 bits per heavy atom. The molecule has 1 saturated heterocycles. The van der Waals surface area contributed by atoms with Crippen LogP contribution in [0.3, 0.4) is 0 Å². The quantitative estimate of drug-likeness (QED) is 0.685. The second-order valence-electron chi connectivity index (χ2n) is 8.45. The van der Waals surface area contributed by atoms with Crippen molar-refractivity contribution in [2.24, 2.45) is 0 Å². The van der Waals surface area contributed by atoms with Gasteiger partial charge in [0.2, 0.25) is 5.91 Å². The van der Waals surface area contributed by atoms with Gasteiger partial charge in [-0.1, -0.05) is 24.3 Å². The predicted octanol–water partition coefficient (Wildman–Crippen LogP) is 3.87. The van der Waals surface area contributed by atoms with Crippen LogP contribution >= 0.6 is 0 Å². The van der Waals surface area contributed by atoms with Gasteiger partial charge in [0.05, 0.1) is 29.3 Å². The van der Waals surface area contributed by atoms with Crippen molar-refractivity contribution >= 4 is 17.3 Å². The third-order valence-corrected chi connectivity index (χ3v) is 5.82. The Bertz CT molecular complexity index is 1040. The number of carbonyl (C=O) groups excluding carboxylic acids is 1. The number of nitrogens with one attached hydrogen (secondary N) is 1. The molecule has 31 heavy (non-hydrogen) atoms. The first-order valence-electron chi connectivity index (χ1n) is 10.9. The normalized spacial score (nSPS) is 14.6. The zero-order chi connectivity index (χ0) is 22.0. The number of piperazine rings is 1. The Morgan fingerprint density at radius 3 is 2.23 bits per heavy atom. The highest BCUT2D eigenvalue weighted by Gasteiger charge is 2.24. The topological polar surface area (TPSA) is 53.4 Å². The summed E-state index contributed by atoms with van der Waals surface area (Å²) < 4.78 is 2.02. The van der Waals surface area contributed by atoms with Gasteiger partial charge in [-0.25, -0.2) is 4.68 Å². The second-order valence-corrected chi connectivity index (χ2v) is 8.45. The molecule has 0 radical (unpaired) electrons. The van der Waals surface area contributed by atoms with E-state index in [0.717, 1.165) is 60.1 Å². The van der Waals surface area contributed by atoms with Crippen molar-refractivity contribution in [2.45, 2.75) is 27.7 Å². The monoisotopic (exact) mass is 417 g/mol. The number of rotatable bonds is 5. The number of anilines is 2. The van der Waals surface area contributed by atoms with Crippen molar-refractivity contribution < 1.29 is 4.79 Å². The minimum absolute atomic E-state index is 0.0442. The molecule has 1 aromatic heterocycles. The van der Waals surface area contributed by atoms with Crippen LogP contribution in [0.4, 0.5) is 11.4 Å². The zero-order valence-corrected chi connectivity index (χ0v) is 18.9. The first-order chi connectivity index (χ1) is 14.9. The molecule has 162 valence electrons. The van der Waals surface area contributed by atoms with Crippen LogP contribution in [0.5, 0.6) is 0 Å². The molecule has 0 saturated carbocycles. The number of amides is 1. The van der Waals surface area contributed by atoms with Crippen LogP contribution in [-0.4, -0.2) is 53.3 Å². The lowest BCUT2D eigenvalue weighted by molar-refractivity contribution is -0.117. The SMILES string of the molecule is Cc1cc(C)cc(NC(=O)CN2CCN(c3c(C)nn(-c4ccccc4)c3C)CC2)c1. The first-order valence-corrected chi connectivity index (χ1v) is 10.9. The van der Waals surface area contributed by atoms with Gasteiger partial charge in [0.25, 0.3) is 0 Å². The van der Waals surface area contributed by atoms with E-state index in [0.29, 0.717) is 6.54 Å². The first kappa shape index (κ1) is 21.1. The molecule has 6 nitrogen and oxygen atoms in total. The van der Waals surface area contributed by atoms with Gasteiger partial charge in [-0.3, -0.25) is 9.69 Å². The maximum atomic E-state index is 12.5. The molecule has 1 aliphatic heterocycles. The van der Waals surface area contributed by atoms with Gasteiger partial charge in [-0.15, -0.1) is 0 Å². The van der Waals surface area contributed by atoms with Crippen LogP contribution in [0.15, 0.2) is 48.5 Å². The highest BCUT2D eigenvalue weighted by molar-refractivity contribution is 5.92. The predicted molar refractivity (Wildman–Crippen MR) is 126 cm³/mol. The van der Waals surface area contributed by atoms with Gasteiger partial charge in [-0.2, -0.15) is 5.10 Å². The Kier molecular flexibility index (Phi) is 6.09. The Labute approximate surface area is 184 Å². The molecule has 2 aromatic carbocycles. The maximum Gasteiger partial charge on any atom is 0.238 e. The largest absolute Gasteiger partial charge is 0.366 e. The number of carbonyl (C=O) groups is 1. The molecule has 4 rings (SSSR count). The third-order valence-electron chi connectivity index (χ3n) is 5.82.